The van der Waals surface area contributed by atoms with Crippen molar-refractivity contribution in [1.29, 1.82) is 0 Å². The Labute approximate surface area is 89.4 Å². The minimum Gasteiger partial charge on any atom is -0.341 e. The number of nitrogens with zero attached hydrogens (tertiary/aromatic N) is 2. The maximum atomic E-state index is 12.0. The molecule has 0 radical (unpaired) electrons. The lowest BCUT2D eigenvalue weighted by molar-refractivity contribution is -0.0774. The van der Waals surface area contributed by atoms with Gasteiger partial charge in [-0.05, 0) is 32.4 Å². The summed E-state index contributed by atoms with van der Waals surface area (Å²) in [5, 5.41) is 1.45. The van der Waals surface area contributed by atoms with Crippen LogP contribution in [0.15, 0.2) is 18.3 Å². The van der Waals surface area contributed by atoms with Crippen molar-refractivity contribution in [2.75, 3.05) is 13.2 Å². The molecule has 0 aromatic carbocycles. The van der Waals surface area contributed by atoms with Crippen LogP contribution < -0.4 is 0 Å². The molecule has 1 amide bonds. The molecule has 0 N–H and O–H groups in total. The predicted molar refractivity (Wildman–Crippen MR) is 56.4 cm³/mol. The highest BCUT2D eigenvalue weighted by atomic mass is 16.7. The van der Waals surface area contributed by atoms with Crippen LogP contribution in [0.4, 0.5) is 0 Å². The lowest BCUT2D eigenvalue weighted by atomic mass is 10.3. The zero-order chi connectivity index (χ0) is 10.8. The molecule has 1 saturated heterocycles. The van der Waals surface area contributed by atoms with E-state index >= 15 is 0 Å². The first kappa shape index (κ1) is 10.2. The molecule has 0 saturated carbocycles. The van der Waals surface area contributed by atoms with Gasteiger partial charge in [-0.2, -0.15) is 0 Å². The van der Waals surface area contributed by atoms with E-state index in [0.29, 0.717) is 24.9 Å². The van der Waals surface area contributed by atoms with Gasteiger partial charge in [-0.1, -0.05) is 0 Å². The van der Waals surface area contributed by atoms with Crippen molar-refractivity contribution >= 4 is 5.91 Å². The first-order valence-corrected chi connectivity index (χ1v) is 5.32. The molecule has 15 heavy (non-hydrogen) atoms. The molecule has 0 unspecified atom stereocenters. The van der Waals surface area contributed by atoms with Gasteiger partial charge in [-0.25, -0.2) is 5.06 Å². The second-order valence-electron chi connectivity index (χ2n) is 3.99. The Balaban J connectivity index is 2.20. The maximum Gasteiger partial charge on any atom is 0.294 e. The minimum absolute atomic E-state index is 0.0359. The predicted octanol–water partition coefficient (Wildman–Crippen LogP) is 1.85. The van der Waals surface area contributed by atoms with E-state index in [2.05, 4.69) is 13.8 Å². The summed E-state index contributed by atoms with van der Waals surface area (Å²) in [5.74, 6) is -0.0359. The summed E-state index contributed by atoms with van der Waals surface area (Å²) in [6, 6.07) is 4.02. The van der Waals surface area contributed by atoms with Crippen molar-refractivity contribution in [3.8, 4) is 0 Å². The number of carbonyl (C=O) groups excluding carboxylic acids is 1. The average Bonchev–Trinajstić information content (AvgIpc) is 2.88. The highest BCUT2D eigenvalue weighted by Gasteiger charge is 2.23. The van der Waals surface area contributed by atoms with Gasteiger partial charge in [-0.3, -0.25) is 9.63 Å². The summed E-state index contributed by atoms with van der Waals surface area (Å²) in [4.78, 5) is 17.3. The van der Waals surface area contributed by atoms with Crippen LogP contribution in [0.25, 0.3) is 0 Å². The van der Waals surface area contributed by atoms with Crippen molar-refractivity contribution in [1.82, 2.24) is 9.63 Å². The summed E-state index contributed by atoms with van der Waals surface area (Å²) >= 11 is 0. The second kappa shape index (κ2) is 4.06. The van der Waals surface area contributed by atoms with Crippen molar-refractivity contribution < 1.29 is 9.63 Å². The van der Waals surface area contributed by atoms with Crippen LogP contribution >= 0.6 is 0 Å². The Kier molecular flexibility index (Phi) is 2.77. The normalized spacial score (nSPS) is 16.3. The Bertz CT molecular complexity index is 351. The van der Waals surface area contributed by atoms with Crippen LogP contribution in [-0.4, -0.2) is 28.7 Å². The van der Waals surface area contributed by atoms with E-state index in [1.807, 2.05) is 22.9 Å². The van der Waals surface area contributed by atoms with Gasteiger partial charge in [0.2, 0.25) is 0 Å². The van der Waals surface area contributed by atoms with Crippen molar-refractivity contribution in [2.24, 2.45) is 0 Å². The van der Waals surface area contributed by atoms with Crippen LogP contribution in [0.3, 0.4) is 0 Å². The quantitative estimate of drug-likeness (QED) is 0.743. The van der Waals surface area contributed by atoms with Crippen LogP contribution in [0, 0.1) is 0 Å². The summed E-state index contributed by atoms with van der Waals surface area (Å²) in [7, 11) is 0. The summed E-state index contributed by atoms with van der Waals surface area (Å²) < 4.78 is 1.96. The maximum absolute atomic E-state index is 12.0. The van der Waals surface area contributed by atoms with Crippen molar-refractivity contribution in [3.05, 3.63) is 24.0 Å². The fourth-order valence-corrected chi connectivity index (χ4v) is 1.76. The minimum atomic E-state index is -0.0359. The van der Waals surface area contributed by atoms with E-state index in [-0.39, 0.29) is 5.91 Å². The van der Waals surface area contributed by atoms with Gasteiger partial charge in [-0.15, -0.1) is 0 Å². The van der Waals surface area contributed by atoms with Crippen molar-refractivity contribution in [2.45, 2.75) is 26.3 Å². The smallest absolute Gasteiger partial charge is 0.294 e. The van der Waals surface area contributed by atoms with Gasteiger partial charge in [0.05, 0.1) is 13.2 Å². The van der Waals surface area contributed by atoms with E-state index in [9.17, 15) is 4.79 Å². The molecule has 2 heterocycles. The third-order valence-corrected chi connectivity index (χ3v) is 2.53. The van der Waals surface area contributed by atoms with Crippen LogP contribution in [0.2, 0.25) is 0 Å². The average molecular weight is 208 g/mol. The van der Waals surface area contributed by atoms with Gasteiger partial charge in [0, 0.05) is 12.2 Å². The number of amides is 1. The van der Waals surface area contributed by atoms with Crippen LogP contribution in [0.1, 0.15) is 36.8 Å². The highest BCUT2D eigenvalue weighted by molar-refractivity contribution is 5.92. The third-order valence-electron chi connectivity index (χ3n) is 2.53. The molecule has 0 aliphatic carbocycles. The molecule has 4 nitrogen and oxygen atoms in total. The van der Waals surface area contributed by atoms with Gasteiger partial charge in [0.1, 0.15) is 5.69 Å². The summed E-state index contributed by atoms with van der Waals surface area (Å²) in [6.45, 7) is 5.46. The molecule has 1 aromatic heterocycles. The Morgan fingerprint density at radius 3 is 2.93 bits per heavy atom. The molecule has 2 rings (SSSR count). The molecule has 4 heteroatoms. The Morgan fingerprint density at radius 1 is 1.53 bits per heavy atom. The Hall–Kier alpha value is -1.29. The molecular formula is C11H16N2O2. The molecule has 0 atom stereocenters. The molecule has 1 aliphatic rings. The molecular weight excluding hydrogens is 192 g/mol. The molecule has 1 aromatic rings. The summed E-state index contributed by atoms with van der Waals surface area (Å²) in [6.07, 6.45) is 2.85. The fourth-order valence-electron chi connectivity index (χ4n) is 1.76. The molecule has 1 aliphatic heterocycles. The number of hydrogen-bond donors (Lipinski definition) is 0. The van der Waals surface area contributed by atoms with Crippen LogP contribution in [0.5, 0.6) is 0 Å². The molecule has 0 bridgehead atoms. The van der Waals surface area contributed by atoms with Gasteiger partial charge in [0.25, 0.3) is 5.91 Å². The SMILES string of the molecule is CC(C)n1cccc1C(=O)N1CCCO1. The third kappa shape index (κ3) is 1.90. The van der Waals surface area contributed by atoms with E-state index in [0.717, 1.165) is 6.42 Å². The zero-order valence-electron chi connectivity index (χ0n) is 9.14. The largest absolute Gasteiger partial charge is 0.341 e. The van der Waals surface area contributed by atoms with E-state index in [4.69, 9.17) is 4.84 Å². The van der Waals surface area contributed by atoms with E-state index in [1.165, 1.54) is 5.06 Å². The lowest BCUT2D eigenvalue weighted by Crippen LogP contribution is -2.28. The molecule has 82 valence electrons. The first-order valence-electron chi connectivity index (χ1n) is 5.32. The number of rotatable bonds is 2. The summed E-state index contributed by atoms with van der Waals surface area (Å²) in [5.41, 5.74) is 0.701. The van der Waals surface area contributed by atoms with Crippen LogP contribution in [-0.2, 0) is 4.84 Å². The lowest BCUT2D eigenvalue weighted by Gasteiger charge is -2.17. The second-order valence-corrected chi connectivity index (χ2v) is 3.99. The zero-order valence-corrected chi connectivity index (χ0v) is 9.14. The Morgan fingerprint density at radius 2 is 2.33 bits per heavy atom. The standard InChI is InChI=1S/C11H16N2O2/c1-9(2)12-6-3-5-10(12)11(14)13-7-4-8-15-13/h3,5-6,9H,4,7-8H2,1-2H3. The fraction of sp³-hybridized carbons (Fsp3) is 0.545. The topological polar surface area (TPSA) is 34.5 Å². The highest BCUT2D eigenvalue weighted by Crippen LogP contribution is 2.15. The van der Waals surface area contributed by atoms with E-state index < -0.39 is 0 Å². The van der Waals surface area contributed by atoms with Gasteiger partial charge in [0.15, 0.2) is 0 Å². The number of carbonyl (C=O) groups is 1. The van der Waals surface area contributed by atoms with Gasteiger partial charge < -0.3 is 4.57 Å². The van der Waals surface area contributed by atoms with Gasteiger partial charge >= 0.3 is 0 Å². The van der Waals surface area contributed by atoms with Crippen molar-refractivity contribution in [3.63, 3.8) is 0 Å². The number of hydrogen-bond acceptors (Lipinski definition) is 2. The number of aromatic nitrogens is 1. The number of hydroxylamine groups is 2. The molecule has 1 fully saturated rings. The molecule has 0 spiro atoms. The monoisotopic (exact) mass is 208 g/mol. The first-order chi connectivity index (χ1) is 7.20. The van der Waals surface area contributed by atoms with E-state index in [1.54, 1.807) is 0 Å².